The average molecular weight is 332 g/mol. The van der Waals surface area contributed by atoms with E-state index in [2.05, 4.69) is 21.2 Å². The molecule has 4 heteroatoms. The Bertz CT molecular complexity index is 737. The molecule has 0 unspecified atom stereocenters. The molecule has 0 fully saturated rings. The molecule has 1 N–H and O–H groups in total. The van der Waals surface area contributed by atoms with E-state index >= 15 is 0 Å². The van der Waals surface area contributed by atoms with Gasteiger partial charge in [-0.2, -0.15) is 11.3 Å². The first kappa shape index (κ1) is 12.4. The van der Waals surface area contributed by atoms with Gasteiger partial charge in [0.2, 0.25) is 0 Å². The van der Waals surface area contributed by atoms with Crippen LogP contribution in [0.1, 0.15) is 10.4 Å². The van der Waals surface area contributed by atoms with Crippen molar-refractivity contribution in [3.63, 3.8) is 0 Å². The third kappa shape index (κ3) is 2.41. The Morgan fingerprint density at radius 2 is 1.84 bits per heavy atom. The summed E-state index contributed by atoms with van der Waals surface area (Å²) in [6, 6.07) is 13.7. The van der Waals surface area contributed by atoms with Crippen LogP contribution in [0.5, 0.6) is 0 Å². The van der Waals surface area contributed by atoms with Gasteiger partial charge in [0.25, 0.3) is 5.91 Å². The maximum atomic E-state index is 12.1. The highest BCUT2D eigenvalue weighted by atomic mass is 79.9. The van der Waals surface area contributed by atoms with Gasteiger partial charge >= 0.3 is 0 Å². The summed E-state index contributed by atoms with van der Waals surface area (Å²) in [5, 5.41) is 8.82. The third-order valence-electron chi connectivity index (χ3n) is 2.90. The highest BCUT2D eigenvalue weighted by molar-refractivity contribution is 9.10. The maximum absolute atomic E-state index is 12.1. The van der Waals surface area contributed by atoms with Crippen LogP contribution >= 0.6 is 27.3 Å². The number of carbonyl (C=O) groups is 1. The summed E-state index contributed by atoms with van der Waals surface area (Å²) in [4.78, 5) is 12.1. The van der Waals surface area contributed by atoms with E-state index in [9.17, 15) is 4.79 Å². The second-order valence-electron chi connectivity index (χ2n) is 4.11. The molecule has 0 aliphatic heterocycles. The number of carbonyl (C=O) groups excluding carboxylic acids is 1. The van der Waals surface area contributed by atoms with Gasteiger partial charge in [-0.05, 0) is 29.0 Å². The average Bonchev–Trinajstić information content (AvgIpc) is 2.96. The number of rotatable bonds is 2. The molecule has 0 saturated heterocycles. The zero-order chi connectivity index (χ0) is 13.2. The van der Waals surface area contributed by atoms with Crippen LogP contribution in [0, 0.1) is 0 Å². The molecule has 0 saturated carbocycles. The molecule has 0 aliphatic rings. The molecule has 1 heterocycles. The van der Waals surface area contributed by atoms with Gasteiger partial charge in [-0.15, -0.1) is 0 Å². The molecule has 2 aromatic carbocycles. The molecule has 0 bridgehead atoms. The largest absolute Gasteiger partial charge is 0.321 e. The third-order valence-corrected chi connectivity index (χ3v) is 4.28. The molecule has 1 amide bonds. The van der Waals surface area contributed by atoms with Crippen LogP contribution in [-0.4, -0.2) is 5.91 Å². The van der Waals surface area contributed by atoms with Crippen LogP contribution in [0.15, 0.2) is 57.7 Å². The summed E-state index contributed by atoms with van der Waals surface area (Å²) in [6.07, 6.45) is 0. The van der Waals surface area contributed by atoms with Gasteiger partial charge in [0.15, 0.2) is 0 Å². The number of fused-ring (bicyclic) bond motifs is 1. The summed E-state index contributed by atoms with van der Waals surface area (Å²) in [6.45, 7) is 0. The summed E-state index contributed by atoms with van der Waals surface area (Å²) in [7, 11) is 0. The van der Waals surface area contributed by atoms with Crippen LogP contribution in [0.4, 0.5) is 5.69 Å². The Balaban J connectivity index is 2.02. The zero-order valence-electron chi connectivity index (χ0n) is 9.89. The lowest BCUT2D eigenvalue weighted by Crippen LogP contribution is -2.11. The molecule has 3 rings (SSSR count). The fourth-order valence-corrected chi connectivity index (χ4v) is 3.07. The van der Waals surface area contributed by atoms with Gasteiger partial charge < -0.3 is 5.32 Å². The van der Waals surface area contributed by atoms with Crippen molar-refractivity contribution in [3.8, 4) is 0 Å². The highest BCUT2D eigenvalue weighted by Crippen LogP contribution is 2.30. The quantitative estimate of drug-likeness (QED) is 0.709. The normalized spacial score (nSPS) is 10.6. The second-order valence-corrected chi connectivity index (χ2v) is 5.74. The van der Waals surface area contributed by atoms with E-state index < -0.39 is 0 Å². The predicted molar refractivity (Wildman–Crippen MR) is 83.9 cm³/mol. The van der Waals surface area contributed by atoms with Gasteiger partial charge in [-0.3, -0.25) is 4.79 Å². The van der Waals surface area contributed by atoms with Crippen molar-refractivity contribution < 1.29 is 4.79 Å². The fraction of sp³-hybridized carbons (Fsp3) is 0. The number of anilines is 1. The monoisotopic (exact) mass is 331 g/mol. The van der Waals surface area contributed by atoms with E-state index in [0.717, 1.165) is 20.9 Å². The molecular formula is C15H10BrNOS. The number of nitrogens with one attached hydrogen (secondary N) is 1. The van der Waals surface area contributed by atoms with Crippen LogP contribution in [0.2, 0.25) is 0 Å². The first-order valence-electron chi connectivity index (χ1n) is 5.76. The van der Waals surface area contributed by atoms with E-state index in [0.29, 0.717) is 5.56 Å². The standard InChI is InChI=1S/C15H10BrNOS/c16-13-5-6-14(12-4-2-1-3-11(12)13)17-15(18)10-7-8-19-9-10/h1-9H,(H,17,18). The molecule has 0 radical (unpaired) electrons. The Kier molecular flexibility index (Phi) is 3.36. The van der Waals surface area contributed by atoms with Crippen LogP contribution in [-0.2, 0) is 0 Å². The van der Waals surface area contributed by atoms with E-state index in [1.165, 1.54) is 11.3 Å². The Hall–Kier alpha value is -1.65. The zero-order valence-corrected chi connectivity index (χ0v) is 12.3. The van der Waals surface area contributed by atoms with Crippen LogP contribution < -0.4 is 5.32 Å². The Morgan fingerprint density at radius 3 is 2.58 bits per heavy atom. The summed E-state index contributed by atoms with van der Waals surface area (Å²) in [5.41, 5.74) is 1.52. The summed E-state index contributed by atoms with van der Waals surface area (Å²) < 4.78 is 1.02. The molecule has 2 nitrogen and oxygen atoms in total. The highest BCUT2D eigenvalue weighted by Gasteiger charge is 2.09. The van der Waals surface area contributed by atoms with Crippen LogP contribution in [0.25, 0.3) is 10.8 Å². The van der Waals surface area contributed by atoms with Crippen molar-refractivity contribution in [1.82, 2.24) is 0 Å². The van der Waals surface area contributed by atoms with Crippen molar-refractivity contribution >= 4 is 49.6 Å². The van der Waals surface area contributed by atoms with E-state index in [-0.39, 0.29) is 5.91 Å². The molecule has 1 aromatic heterocycles. The molecule has 19 heavy (non-hydrogen) atoms. The van der Waals surface area contributed by atoms with Gasteiger partial charge in [0.1, 0.15) is 0 Å². The molecular weight excluding hydrogens is 322 g/mol. The van der Waals surface area contributed by atoms with E-state index in [4.69, 9.17) is 0 Å². The number of thiophene rings is 1. The Labute approximate surface area is 123 Å². The number of benzene rings is 2. The SMILES string of the molecule is O=C(Nc1ccc(Br)c2ccccc12)c1ccsc1. The van der Waals surface area contributed by atoms with Gasteiger partial charge in [0.05, 0.1) is 5.56 Å². The first-order valence-corrected chi connectivity index (χ1v) is 7.50. The Morgan fingerprint density at radius 1 is 1.05 bits per heavy atom. The minimum Gasteiger partial charge on any atom is -0.321 e. The van der Waals surface area contributed by atoms with Crippen molar-refractivity contribution in [2.75, 3.05) is 5.32 Å². The number of hydrogen-bond acceptors (Lipinski definition) is 2. The van der Waals surface area contributed by atoms with Crippen molar-refractivity contribution in [2.45, 2.75) is 0 Å². The predicted octanol–water partition coefficient (Wildman–Crippen LogP) is 4.92. The summed E-state index contributed by atoms with van der Waals surface area (Å²) >= 11 is 5.04. The number of halogens is 1. The minimum absolute atomic E-state index is 0.0753. The van der Waals surface area contributed by atoms with E-state index in [1.54, 1.807) is 0 Å². The molecule has 3 aromatic rings. The van der Waals surface area contributed by atoms with Crippen LogP contribution in [0.3, 0.4) is 0 Å². The molecule has 0 spiro atoms. The smallest absolute Gasteiger partial charge is 0.256 e. The van der Waals surface area contributed by atoms with E-state index in [1.807, 2.05) is 53.2 Å². The van der Waals surface area contributed by atoms with Gasteiger partial charge in [0, 0.05) is 20.9 Å². The van der Waals surface area contributed by atoms with Crippen molar-refractivity contribution in [1.29, 1.82) is 0 Å². The molecule has 0 aliphatic carbocycles. The van der Waals surface area contributed by atoms with Gasteiger partial charge in [-0.25, -0.2) is 0 Å². The van der Waals surface area contributed by atoms with Crippen molar-refractivity contribution in [3.05, 3.63) is 63.3 Å². The number of hydrogen-bond donors (Lipinski definition) is 1. The lowest BCUT2D eigenvalue weighted by molar-refractivity contribution is 0.102. The minimum atomic E-state index is -0.0753. The van der Waals surface area contributed by atoms with Gasteiger partial charge in [-0.1, -0.05) is 40.2 Å². The molecule has 94 valence electrons. The lowest BCUT2D eigenvalue weighted by atomic mass is 10.1. The lowest BCUT2D eigenvalue weighted by Gasteiger charge is -2.09. The molecule has 0 atom stereocenters. The second kappa shape index (κ2) is 5.15. The topological polar surface area (TPSA) is 29.1 Å². The summed E-state index contributed by atoms with van der Waals surface area (Å²) in [5.74, 6) is -0.0753. The van der Waals surface area contributed by atoms with Crippen molar-refractivity contribution in [2.24, 2.45) is 0 Å². The number of amides is 1. The maximum Gasteiger partial charge on any atom is 0.256 e. The first-order chi connectivity index (χ1) is 9.25. The fourth-order valence-electron chi connectivity index (χ4n) is 1.96.